The summed E-state index contributed by atoms with van der Waals surface area (Å²) in [4.78, 5) is 19.7. The third-order valence-corrected chi connectivity index (χ3v) is 6.72. The van der Waals surface area contributed by atoms with Crippen LogP contribution in [0.4, 0.5) is 0 Å². The molecule has 1 amide bonds. The van der Waals surface area contributed by atoms with Crippen molar-refractivity contribution in [1.29, 1.82) is 0 Å². The minimum Gasteiger partial charge on any atom is -0.497 e. The third kappa shape index (κ3) is 3.44. The van der Waals surface area contributed by atoms with Crippen LogP contribution < -0.4 is 15.5 Å². The van der Waals surface area contributed by atoms with E-state index in [2.05, 4.69) is 39.7 Å². The minimum atomic E-state index is -0.158. The van der Waals surface area contributed by atoms with Crippen molar-refractivity contribution in [2.75, 3.05) is 38.8 Å². The van der Waals surface area contributed by atoms with E-state index >= 15 is 0 Å². The van der Waals surface area contributed by atoms with E-state index < -0.39 is 0 Å². The Labute approximate surface area is 176 Å². The van der Waals surface area contributed by atoms with Crippen LogP contribution in [0.1, 0.15) is 53.5 Å². The molecule has 0 radical (unpaired) electrons. The van der Waals surface area contributed by atoms with Gasteiger partial charge in [0.25, 0.3) is 5.91 Å². The maximum absolute atomic E-state index is 12.7. The number of hydrogen-bond donors (Lipinski definition) is 2. The Kier molecular flexibility index (Phi) is 5.12. The molecule has 1 aromatic carbocycles. The fourth-order valence-electron chi connectivity index (χ4n) is 4.66. The molecule has 8 heteroatoms. The molecule has 0 saturated carbocycles. The summed E-state index contributed by atoms with van der Waals surface area (Å²) >= 11 is 0. The number of likely N-dealkylation sites (tertiary alicyclic amines) is 1. The molecule has 2 saturated heterocycles. The number of aromatic nitrogens is 2. The summed E-state index contributed by atoms with van der Waals surface area (Å²) in [6, 6.07) is 8.49. The maximum Gasteiger partial charge on any atom is 0.273 e. The van der Waals surface area contributed by atoms with E-state index in [1.165, 1.54) is 5.56 Å². The smallest absolute Gasteiger partial charge is 0.273 e. The molecule has 2 fully saturated rings. The maximum atomic E-state index is 12.7. The lowest BCUT2D eigenvalue weighted by molar-refractivity contribution is 0.0666. The van der Waals surface area contributed by atoms with Crippen LogP contribution in [-0.4, -0.2) is 66.1 Å². The van der Waals surface area contributed by atoms with Gasteiger partial charge in [-0.15, -0.1) is 0 Å². The van der Waals surface area contributed by atoms with Crippen LogP contribution in [0.3, 0.4) is 0 Å². The highest BCUT2D eigenvalue weighted by Gasteiger charge is 2.38. The first-order valence-electron chi connectivity index (χ1n) is 10.7. The van der Waals surface area contributed by atoms with Crippen LogP contribution >= 0.6 is 0 Å². The largest absolute Gasteiger partial charge is 0.497 e. The van der Waals surface area contributed by atoms with Gasteiger partial charge in [0, 0.05) is 44.2 Å². The number of ether oxygens (including phenoxy) is 2. The molecule has 0 spiro atoms. The molecule has 2 N–H and O–H groups in total. The number of nitrogens with one attached hydrogen (secondary N) is 2. The second-order valence-corrected chi connectivity index (χ2v) is 8.47. The van der Waals surface area contributed by atoms with Gasteiger partial charge in [-0.1, -0.05) is 12.1 Å². The molecule has 3 aliphatic heterocycles. The number of carbonyl (C=O) groups excluding carboxylic acids is 1. The number of imidazole rings is 1. The number of benzene rings is 1. The summed E-state index contributed by atoms with van der Waals surface area (Å²) in [5, 5.41) is 3.11. The number of carbonyl (C=O) groups is 1. The molecule has 160 valence electrons. The highest BCUT2D eigenvalue weighted by Crippen LogP contribution is 2.31. The first kappa shape index (κ1) is 19.4. The molecule has 1 aromatic heterocycles. The van der Waals surface area contributed by atoms with Crippen molar-refractivity contribution < 1.29 is 14.3 Å². The molecular formula is C22H29N5O3. The molecule has 0 bridgehead atoms. The summed E-state index contributed by atoms with van der Waals surface area (Å²) in [6.45, 7) is 5.62. The van der Waals surface area contributed by atoms with E-state index in [-0.39, 0.29) is 18.1 Å². The summed E-state index contributed by atoms with van der Waals surface area (Å²) in [5.41, 5.74) is 5.43. The summed E-state index contributed by atoms with van der Waals surface area (Å²) in [5.74, 6) is 2.60. The van der Waals surface area contributed by atoms with E-state index in [4.69, 9.17) is 9.47 Å². The molecule has 2 atom stereocenters. The van der Waals surface area contributed by atoms with Gasteiger partial charge >= 0.3 is 0 Å². The lowest BCUT2D eigenvalue weighted by Crippen LogP contribution is -2.63. The third-order valence-electron chi connectivity index (χ3n) is 6.72. The lowest BCUT2D eigenvalue weighted by Gasteiger charge is -2.47. The summed E-state index contributed by atoms with van der Waals surface area (Å²) in [7, 11) is 1.69. The Balaban J connectivity index is 1.25. The molecular weight excluding hydrogens is 382 g/mol. The monoisotopic (exact) mass is 411 g/mol. The number of rotatable bonds is 5. The topological polar surface area (TPSA) is 80.7 Å². The molecule has 4 heterocycles. The van der Waals surface area contributed by atoms with Crippen LogP contribution in [0.25, 0.3) is 0 Å². The average molecular weight is 412 g/mol. The number of hydrogen-bond acceptors (Lipinski definition) is 6. The Hall–Kier alpha value is -2.58. The summed E-state index contributed by atoms with van der Waals surface area (Å²) in [6.07, 6.45) is 3.40. The van der Waals surface area contributed by atoms with Crippen molar-refractivity contribution in [2.24, 2.45) is 0 Å². The highest BCUT2D eigenvalue weighted by atomic mass is 16.5. The van der Waals surface area contributed by atoms with Crippen molar-refractivity contribution in [3.63, 3.8) is 0 Å². The van der Waals surface area contributed by atoms with Crippen LogP contribution in [-0.2, 0) is 4.74 Å². The van der Waals surface area contributed by atoms with Gasteiger partial charge in [-0.25, -0.2) is 9.66 Å². The van der Waals surface area contributed by atoms with Crippen molar-refractivity contribution in [1.82, 2.24) is 19.9 Å². The molecule has 8 nitrogen and oxygen atoms in total. The molecule has 2 aromatic rings. The zero-order valence-corrected chi connectivity index (χ0v) is 17.5. The molecule has 2 unspecified atom stereocenters. The Morgan fingerprint density at radius 2 is 1.90 bits per heavy atom. The zero-order valence-electron chi connectivity index (χ0n) is 17.5. The fourth-order valence-corrected chi connectivity index (χ4v) is 4.66. The number of amides is 1. The van der Waals surface area contributed by atoms with E-state index in [1.807, 2.05) is 16.8 Å². The molecule has 30 heavy (non-hydrogen) atoms. The second-order valence-electron chi connectivity index (χ2n) is 8.47. The number of nitrogens with zero attached hydrogens (tertiary/aromatic N) is 3. The van der Waals surface area contributed by atoms with Gasteiger partial charge in [-0.2, -0.15) is 0 Å². The first-order valence-corrected chi connectivity index (χ1v) is 10.7. The fraction of sp³-hybridized carbons (Fsp3) is 0.545. The highest BCUT2D eigenvalue weighted by molar-refractivity contribution is 5.93. The van der Waals surface area contributed by atoms with Crippen molar-refractivity contribution in [3.05, 3.63) is 47.5 Å². The molecule has 5 rings (SSSR count). The molecule has 3 aliphatic rings. The summed E-state index contributed by atoms with van der Waals surface area (Å²) < 4.78 is 12.6. The Morgan fingerprint density at radius 1 is 1.17 bits per heavy atom. The van der Waals surface area contributed by atoms with Gasteiger partial charge in [0.15, 0.2) is 0 Å². The van der Waals surface area contributed by atoms with Gasteiger partial charge in [0.05, 0.1) is 13.3 Å². The SMILES string of the molecule is COc1ccc(C2CN(C(C)C3NC(=O)c4cnc(C5CCOCC5)n4N3)C2)cc1. The van der Waals surface area contributed by atoms with Gasteiger partial charge in [0.1, 0.15) is 23.4 Å². The van der Waals surface area contributed by atoms with Crippen LogP contribution in [0.15, 0.2) is 30.5 Å². The Morgan fingerprint density at radius 3 is 2.60 bits per heavy atom. The van der Waals surface area contributed by atoms with Crippen LogP contribution in [0.2, 0.25) is 0 Å². The normalized spacial score (nSPS) is 23.8. The van der Waals surface area contributed by atoms with E-state index in [0.717, 1.165) is 50.7 Å². The quantitative estimate of drug-likeness (QED) is 0.782. The predicted molar refractivity (Wildman–Crippen MR) is 112 cm³/mol. The van der Waals surface area contributed by atoms with Crippen LogP contribution in [0, 0.1) is 0 Å². The van der Waals surface area contributed by atoms with Gasteiger partial charge in [-0.3, -0.25) is 9.69 Å². The van der Waals surface area contributed by atoms with Crippen molar-refractivity contribution >= 4 is 5.91 Å². The minimum absolute atomic E-state index is 0.0661. The first-order chi connectivity index (χ1) is 14.6. The number of methoxy groups -OCH3 is 1. The second kappa shape index (κ2) is 7.92. The van der Waals surface area contributed by atoms with Gasteiger partial charge < -0.3 is 20.2 Å². The Bertz CT molecular complexity index is 900. The number of fused-ring (bicyclic) bond motifs is 1. The van der Waals surface area contributed by atoms with Crippen molar-refractivity contribution in [2.45, 2.75) is 43.8 Å². The van der Waals surface area contributed by atoms with Crippen LogP contribution in [0.5, 0.6) is 5.75 Å². The van der Waals surface area contributed by atoms with Crippen molar-refractivity contribution in [3.8, 4) is 5.75 Å². The van der Waals surface area contributed by atoms with Gasteiger partial charge in [0.2, 0.25) is 0 Å². The zero-order chi connectivity index (χ0) is 20.7. The van der Waals surface area contributed by atoms with E-state index in [9.17, 15) is 4.79 Å². The predicted octanol–water partition coefficient (Wildman–Crippen LogP) is 1.89. The van der Waals surface area contributed by atoms with E-state index in [1.54, 1.807) is 13.3 Å². The van der Waals surface area contributed by atoms with E-state index in [0.29, 0.717) is 17.5 Å². The molecule has 0 aliphatic carbocycles. The van der Waals surface area contributed by atoms with Gasteiger partial charge in [-0.05, 0) is 37.5 Å². The average Bonchev–Trinajstić information content (AvgIpc) is 3.18. The lowest BCUT2D eigenvalue weighted by atomic mass is 9.89. The standard InChI is InChI=1S/C22H29N5O3/c1-14(26-12-17(13-26)15-3-5-18(29-2)6-4-15)20-24-22(28)19-11-23-21(27(19)25-20)16-7-9-30-10-8-16/h3-6,11,14,16-17,20,25H,7-10,12-13H2,1-2H3,(H,24,28).